The third-order valence-corrected chi connectivity index (χ3v) is 2.31. The third-order valence-electron chi connectivity index (χ3n) is 2.31. The number of carbonyl (C=O) groups excluding carboxylic acids is 1. The van der Waals surface area contributed by atoms with Crippen molar-refractivity contribution >= 4 is 5.78 Å². The molecule has 102 valence electrons. The summed E-state index contributed by atoms with van der Waals surface area (Å²) in [6, 6.07) is 7.65. The number of hydrogen-bond donors (Lipinski definition) is 0. The molecule has 0 aliphatic heterocycles. The average molecular weight is 256 g/mol. The predicted molar refractivity (Wildman–Crippen MR) is 85.3 cm³/mol. The SMILES string of the molecule is C#C.C/C=C\C(=C/C)C(=O)c1ccccc1C.CC. The fourth-order valence-electron chi connectivity index (χ4n) is 1.47. The van der Waals surface area contributed by atoms with Gasteiger partial charge in [-0.05, 0) is 26.3 Å². The molecule has 0 aromatic heterocycles. The normalized spacial score (nSPS) is 9.95. The van der Waals surface area contributed by atoms with Gasteiger partial charge in [0.15, 0.2) is 5.78 Å². The quantitative estimate of drug-likeness (QED) is 0.323. The minimum Gasteiger partial charge on any atom is -0.289 e. The maximum Gasteiger partial charge on any atom is 0.192 e. The Morgan fingerprint density at radius 2 is 1.63 bits per heavy atom. The van der Waals surface area contributed by atoms with Crippen LogP contribution in [0.2, 0.25) is 0 Å². The number of hydrogen-bond acceptors (Lipinski definition) is 1. The predicted octanol–water partition coefficient (Wildman–Crippen LogP) is 4.98. The zero-order valence-corrected chi connectivity index (χ0v) is 12.6. The van der Waals surface area contributed by atoms with E-state index in [1.165, 1.54) is 0 Å². The topological polar surface area (TPSA) is 17.1 Å². The second kappa shape index (κ2) is 12.4. The molecule has 19 heavy (non-hydrogen) atoms. The van der Waals surface area contributed by atoms with Gasteiger partial charge in [-0.2, -0.15) is 0 Å². The Kier molecular flexibility index (Phi) is 12.6. The number of Topliss-reactive ketones (excluding diaryl/α,β-unsaturated/α-hetero) is 1. The lowest BCUT2D eigenvalue weighted by Gasteiger charge is -2.04. The van der Waals surface area contributed by atoms with Crippen molar-refractivity contribution in [3.63, 3.8) is 0 Å². The van der Waals surface area contributed by atoms with Gasteiger partial charge in [0.25, 0.3) is 0 Å². The van der Waals surface area contributed by atoms with Crippen LogP contribution in [0.1, 0.15) is 43.6 Å². The van der Waals surface area contributed by atoms with Crippen LogP contribution in [0, 0.1) is 19.8 Å². The molecule has 0 N–H and O–H groups in total. The molecule has 0 unspecified atom stereocenters. The van der Waals surface area contributed by atoms with Gasteiger partial charge >= 0.3 is 0 Å². The van der Waals surface area contributed by atoms with Gasteiger partial charge < -0.3 is 0 Å². The summed E-state index contributed by atoms with van der Waals surface area (Å²) in [5.74, 6) is 0.0914. The van der Waals surface area contributed by atoms with E-state index in [0.717, 1.165) is 16.7 Å². The third kappa shape index (κ3) is 6.43. The van der Waals surface area contributed by atoms with Gasteiger partial charge in [-0.25, -0.2) is 0 Å². The molecule has 1 nitrogen and oxygen atoms in total. The van der Waals surface area contributed by atoms with Gasteiger partial charge in [0.2, 0.25) is 0 Å². The summed E-state index contributed by atoms with van der Waals surface area (Å²) >= 11 is 0. The first-order valence-corrected chi connectivity index (χ1v) is 6.43. The van der Waals surface area contributed by atoms with Crippen molar-refractivity contribution in [3.8, 4) is 12.8 Å². The van der Waals surface area contributed by atoms with Gasteiger partial charge in [0.1, 0.15) is 0 Å². The van der Waals surface area contributed by atoms with Gasteiger partial charge in [0.05, 0.1) is 0 Å². The Bertz CT molecular complexity index is 448. The summed E-state index contributed by atoms with van der Waals surface area (Å²) in [6.07, 6.45) is 13.6. The van der Waals surface area contributed by atoms with E-state index in [2.05, 4.69) is 12.8 Å². The summed E-state index contributed by atoms with van der Waals surface area (Å²) in [4.78, 5) is 12.1. The Morgan fingerprint density at radius 3 is 2.05 bits per heavy atom. The van der Waals surface area contributed by atoms with Gasteiger partial charge in [-0.15, -0.1) is 12.8 Å². The molecular weight excluding hydrogens is 232 g/mol. The molecule has 1 aromatic carbocycles. The first kappa shape index (κ1) is 19.3. The molecule has 0 saturated heterocycles. The van der Waals surface area contributed by atoms with Gasteiger partial charge in [-0.1, -0.05) is 56.3 Å². The van der Waals surface area contributed by atoms with Crippen LogP contribution in [0.3, 0.4) is 0 Å². The van der Waals surface area contributed by atoms with Crippen LogP contribution in [-0.2, 0) is 0 Å². The van der Waals surface area contributed by atoms with E-state index < -0.39 is 0 Å². The second-order valence-electron chi connectivity index (χ2n) is 3.39. The molecule has 1 aromatic rings. The zero-order chi connectivity index (χ0) is 15.3. The van der Waals surface area contributed by atoms with E-state index in [4.69, 9.17) is 0 Å². The zero-order valence-electron chi connectivity index (χ0n) is 12.6. The van der Waals surface area contributed by atoms with E-state index in [0.29, 0.717) is 0 Å². The van der Waals surface area contributed by atoms with E-state index in [-0.39, 0.29) is 5.78 Å². The molecule has 0 spiro atoms. The lowest BCUT2D eigenvalue weighted by Crippen LogP contribution is -2.03. The molecule has 0 radical (unpaired) electrons. The number of carbonyl (C=O) groups is 1. The lowest BCUT2D eigenvalue weighted by molar-refractivity contribution is 0.103. The standard InChI is InChI=1S/C14H16O.C2H6.C2H2/c1-4-8-12(5-2)14(15)13-10-7-6-9-11(13)3;2*1-2/h4-10H,1-3H3;1-2H3;1-2H/b8-4-,12-5+;;. The molecule has 0 saturated carbocycles. The Hall–Kier alpha value is -2.07. The Morgan fingerprint density at radius 1 is 1.11 bits per heavy atom. The molecule has 0 aliphatic rings. The van der Waals surface area contributed by atoms with Crippen molar-refractivity contribution in [1.82, 2.24) is 0 Å². The van der Waals surface area contributed by atoms with E-state index in [1.54, 1.807) is 0 Å². The molecule has 0 amide bonds. The van der Waals surface area contributed by atoms with Crippen molar-refractivity contribution in [1.29, 1.82) is 0 Å². The minimum absolute atomic E-state index is 0.0914. The number of benzene rings is 1. The highest BCUT2D eigenvalue weighted by Crippen LogP contribution is 2.13. The summed E-state index contributed by atoms with van der Waals surface area (Å²) in [7, 11) is 0. The van der Waals surface area contributed by atoms with Gasteiger partial charge in [0, 0.05) is 11.1 Å². The molecule has 0 atom stereocenters. The number of terminal acetylenes is 1. The Balaban J connectivity index is 0. The van der Waals surface area contributed by atoms with Crippen LogP contribution >= 0.6 is 0 Å². The van der Waals surface area contributed by atoms with E-state index >= 15 is 0 Å². The van der Waals surface area contributed by atoms with Crippen LogP contribution in [0.25, 0.3) is 0 Å². The van der Waals surface area contributed by atoms with Crippen molar-refractivity contribution in [2.75, 3.05) is 0 Å². The highest BCUT2D eigenvalue weighted by Gasteiger charge is 2.10. The van der Waals surface area contributed by atoms with Crippen LogP contribution in [-0.4, -0.2) is 5.78 Å². The number of rotatable bonds is 3. The average Bonchev–Trinajstić information content (AvgIpc) is 2.49. The second-order valence-corrected chi connectivity index (χ2v) is 3.39. The molecule has 0 aliphatic carbocycles. The fraction of sp³-hybridized carbons (Fsp3) is 0.278. The summed E-state index contributed by atoms with van der Waals surface area (Å²) in [5, 5.41) is 0. The minimum atomic E-state index is 0.0914. The van der Waals surface area contributed by atoms with Crippen LogP contribution in [0.4, 0.5) is 0 Å². The van der Waals surface area contributed by atoms with Crippen LogP contribution in [0.15, 0.2) is 48.1 Å². The fourth-order valence-corrected chi connectivity index (χ4v) is 1.47. The number of allylic oxidation sites excluding steroid dienone is 4. The molecular formula is C18H24O. The number of ketones is 1. The van der Waals surface area contributed by atoms with Crippen molar-refractivity contribution in [2.45, 2.75) is 34.6 Å². The number of aryl methyl sites for hydroxylation is 1. The summed E-state index contributed by atoms with van der Waals surface area (Å²) < 4.78 is 0. The van der Waals surface area contributed by atoms with Crippen LogP contribution in [0.5, 0.6) is 0 Å². The maximum absolute atomic E-state index is 12.1. The smallest absolute Gasteiger partial charge is 0.192 e. The van der Waals surface area contributed by atoms with E-state index in [9.17, 15) is 4.79 Å². The highest BCUT2D eigenvalue weighted by atomic mass is 16.1. The highest BCUT2D eigenvalue weighted by molar-refractivity contribution is 6.11. The lowest BCUT2D eigenvalue weighted by atomic mass is 9.99. The molecule has 1 heteroatoms. The molecule has 0 bridgehead atoms. The summed E-state index contributed by atoms with van der Waals surface area (Å²) in [5.41, 5.74) is 2.54. The monoisotopic (exact) mass is 256 g/mol. The van der Waals surface area contributed by atoms with Gasteiger partial charge in [-0.3, -0.25) is 4.79 Å². The Labute approximate surface area is 118 Å². The van der Waals surface area contributed by atoms with Crippen molar-refractivity contribution in [3.05, 3.63) is 59.2 Å². The molecule has 0 fully saturated rings. The van der Waals surface area contributed by atoms with Crippen molar-refractivity contribution < 1.29 is 4.79 Å². The largest absolute Gasteiger partial charge is 0.289 e. The van der Waals surface area contributed by atoms with Crippen molar-refractivity contribution in [2.24, 2.45) is 0 Å². The van der Waals surface area contributed by atoms with E-state index in [1.807, 2.05) is 77.1 Å². The maximum atomic E-state index is 12.1. The molecule has 0 heterocycles. The first-order valence-electron chi connectivity index (χ1n) is 6.43. The molecule has 1 rings (SSSR count). The first-order chi connectivity index (χ1) is 9.20. The van der Waals surface area contributed by atoms with Crippen LogP contribution < -0.4 is 0 Å². The summed E-state index contributed by atoms with van der Waals surface area (Å²) in [6.45, 7) is 9.75.